The molecule has 14 heavy (non-hydrogen) atoms. The van der Waals surface area contributed by atoms with E-state index < -0.39 is 0 Å². The maximum Gasteiger partial charge on any atom is 0.130 e. The molecule has 0 aliphatic rings. The zero-order valence-electron chi connectivity index (χ0n) is 8.16. The first kappa shape index (κ1) is 11.2. The highest BCUT2D eigenvalue weighted by atomic mass is 32.1. The van der Waals surface area contributed by atoms with Gasteiger partial charge in [0.15, 0.2) is 0 Å². The van der Waals surface area contributed by atoms with E-state index in [1.165, 1.54) is 0 Å². The molecule has 0 radical (unpaired) electrons. The largest absolute Gasteiger partial charge is 0.396 e. The standard InChI is InChI=1S/C10H14N2OS/c1-8-3-6-14-10(8)9(7-11)12-4-2-5-13/h3,6,9,12-13H,2,4-5H2,1H3. The lowest BCUT2D eigenvalue weighted by atomic mass is 10.2. The van der Waals surface area contributed by atoms with E-state index in [0.717, 1.165) is 10.4 Å². The van der Waals surface area contributed by atoms with E-state index in [2.05, 4.69) is 11.4 Å². The molecule has 0 saturated heterocycles. The predicted octanol–water partition coefficient (Wildman–Crippen LogP) is 1.59. The fourth-order valence-corrected chi connectivity index (χ4v) is 2.15. The van der Waals surface area contributed by atoms with Crippen LogP contribution < -0.4 is 5.32 Å². The first-order valence-electron chi connectivity index (χ1n) is 4.57. The van der Waals surface area contributed by atoms with Gasteiger partial charge in [-0.2, -0.15) is 5.26 Å². The molecule has 1 aromatic rings. The molecule has 0 aliphatic carbocycles. The van der Waals surface area contributed by atoms with Crippen molar-refractivity contribution in [2.75, 3.05) is 13.2 Å². The summed E-state index contributed by atoms with van der Waals surface area (Å²) in [6, 6.07) is 4.00. The van der Waals surface area contributed by atoms with Crippen molar-refractivity contribution in [3.05, 3.63) is 21.9 Å². The number of aryl methyl sites for hydroxylation is 1. The minimum atomic E-state index is -0.235. The second-order valence-corrected chi connectivity index (χ2v) is 4.01. The van der Waals surface area contributed by atoms with Crippen LogP contribution in [0, 0.1) is 18.3 Å². The minimum Gasteiger partial charge on any atom is -0.396 e. The lowest BCUT2D eigenvalue weighted by molar-refractivity contribution is 0.285. The van der Waals surface area contributed by atoms with Crippen LogP contribution in [0.15, 0.2) is 11.4 Å². The monoisotopic (exact) mass is 210 g/mol. The maximum absolute atomic E-state index is 8.95. The summed E-state index contributed by atoms with van der Waals surface area (Å²) >= 11 is 1.59. The van der Waals surface area contributed by atoms with Gasteiger partial charge in [-0.05, 0) is 36.9 Å². The summed E-state index contributed by atoms with van der Waals surface area (Å²) in [7, 11) is 0. The molecule has 2 N–H and O–H groups in total. The molecule has 76 valence electrons. The van der Waals surface area contributed by atoms with Crippen LogP contribution in [-0.2, 0) is 0 Å². The number of thiophene rings is 1. The van der Waals surface area contributed by atoms with Gasteiger partial charge in [-0.15, -0.1) is 11.3 Å². The summed E-state index contributed by atoms with van der Waals surface area (Å²) in [5.74, 6) is 0. The van der Waals surface area contributed by atoms with E-state index in [0.29, 0.717) is 13.0 Å². The molecule has 1 atom stereocenters. The molecule has 0 spiro atoms. The summed E-state index contributed by atoms with van der Waals surface area (Å²) in [6.45, 7) is 2.84. The normalized spacial score (nSPS) is 12.4. The Balaban J connectivity index is 2.56. The van der Waals surface area contributed by atoms with Crippen molar-refractivity contribution in [2.24, 2.45) is 0 Å². The van der Waals surface area contributed by atoms with E-state index in [4.69, 9.17) is 10.4 Å². The maximum atomic E-state index is 8.95. The van der Waals surface area contributed by atoms with Crippen molar-refractivity contribution in [2.45, 2.75) is 19.4 Å². The molecule has 0 fully saturated rings. The van der Waals surface area contributed by atoms with Gasteiger partial charge < -0.3 is 5.11 Å². The Kier molecular flexibility index (Phi) is 4.60. The topological polar surface area (TPSA) is 56.0 Å². The van der Waals surface area contributed by atoms with Crippen LogP contribution in [0.5, 0.6) is 0 Å². The third-order valence-corrected chi connectivity index (χ3v) is 3.06. The Bertz CT molecular complexity index is 316. The van der Waals surface area contributed by atoms with Crippen LogP contribution in [0.2, 0.25) is 0 Å². The molecule has 0 saturated carbocycles. The summed E-state index contributed by atoms with van der Waals surface area (Å²) in [4.78, 5) is 1.07. The number of nitrogens with one attached hydrogen (secondary N) is 1. The van der Waals surface area contributed by atoms with E-state index in [1.54, 1.807) is 11.3 Å². The highest BCUT2D eigenvalue weighted by Crippen LogP contribution is 2.23. The Morgan fingerprint density at radius 3 is 3.00 bits per heavy atom. The van der Waals surface area contributed by atoms with Gasteiger partial charge in [-0.1, -0.05) is 0 Å². The molecule has 1 unspecified atom stereocenters. The van der Waals surface area contributed by atoms with Crippen LogP contribution in [0.4, 0.5) is 0 Å². The summed E-state index contributed by atoms with van der Waals surface area (Å²) in [5, 5.41) is 22.7. The van der Waals surface area contributed by atoms with Gasteiger partial charge in [0.05, 0.1) is 6.07 Å². The van der Waals surface area contributed by atoms with Crippen LogP contribution in [0.1, 0.15) is 22.9 Å². The predicted molar refractivity (Wildman–Crippen MR) is 57.1 cm³/mol. The van der Waals surface area contributed by atoms with E-state index in [-0.39, 0.29) is 12.6 Å². The van der Waals surface area contributed by atoms with Crippen LogP contribution in [0.25, 0.3) is 0 Å². The number of nitriles is 1. The quantitative estimate of drug-likeness (QED) is 0.726. The third-order valence-electron chi connectivity index (χ3n) is 1.98. The molecule has 1 rings (SSSR count). The van der Waals surface area contributed by atoms with Crippen molar-refractivity contribution >= 4 is 11.3 Å². The van der Waals surface area contributed by atoms with Crippen molar-refractivity contribution < 1.29 is 5.11 Å². The number of rotatable bonds is 5. The minimum absolute atomic E-state index is 0.161. The third kappa shape index (κ3) is 2.81. The molecular formula is C10H14N2OS. The highest BCUT2D eigenvalue weighted by molar-refractivity contribution is 7.10. The van der Waals surface area contributed by atoms with Crippen molar-refractivity contribution in [3.8, 4) is 6.07 Å². The number of aliphatic hydroxyl groups excluding tert-OH is 1. The van der Waals surface area contributed by atoms with E-state index in [1.807, 2.05) is 18.4 Å². The summed E-state index contributed by atoms with van der Waals surface area (Å²) < 4.78 is 0. The van der Waals surface area contributed by atoms with Gasteiger partial charge in [0, 0.05) is 11.5 Å². The fourth-order valence-electron chi connectivity index (χ4n) is 1.20. The first-order valence-corrected chi connectivity index (χ1v) is 5.45. The lowest BCUT2D eigenvalue weighted by Crippen LogP contribution is -2.21. The smallest absolute Gasteiger partial charge is 0.130 e. The molecule has 1 heterocycles. The number of hydrogen-bond donors (Lipinski definition) is 2. The van der Waals surface area contributed by atoms with E-state index in [9.17, 15) is 0 Å². The van der Waals surface area contributed by atoms with Crippen molar-refractivity contribution in [1.82, 2.24) is 5.32 Å². The van der Waals surface area contributed by atoms with Gasteiger partial charge in [0.25, 0.3) is 0 Å². The zero-order chi connectivity index (χ0) is 10.4. The van der Waals surface area contributed by atoms with Crippen molar-refractivity contribution in [1.29, 1.82) is 5.26 Å². The number of hydrogen-bond acceptors (Lipinski definition) is 4. The molecule has 3 nitrogen and oxygen atoms in total. The Labute approximate surface area is 88.0 Å². The molecule has 0 aromatic carbocycles. The molecular weight excluding hydrogens is 196 g/mol. The SMILES string of the molecule is Cc1ccsc1C(C#N)NCCCO. The van der Waals surface area contributed by atoms with Gasteiger partial charge in [-0.3, -0.25) is 5.32 Å². The summed E-state index contributed by atoms with van der Waals surface area (Å²) in [5.41, 5.74) is 1.15. The first-order chi connectivity index (χ1) is 6.79. The second-order valence-electron chi connectivity index (χ2n) is 3.06. The number of aliphatic hydroxyl groups is 1. The Morgan fingerprint density at radius 2 is 2.50 bits per heavy atom. The van der Waals surface area contributed by atoms with Crippen molar-refractivity contribution in [3.63, 3.8) is 0 Å². The zero-order valence-corrected chi connectivity index (χ0v) is 8.97. The Morgan fingerprint density at radius 1 is 1.71 bits per heavy atom. The van der Waals surface area contributed by atoms with Crippen LogP contribution >= 0.6 is 11.3 Å². The molecule has 0 bridgehead atoms. The molecule has 0 amide bonds. The van der Waals surface area contributed by atoms with Gasteiger partial charge in [-0.25, -0.2) is 0 Å². The fraction of sp³-hybridized carbons (Fsp3) is 0.500. The lowest BCUT2D eigenvalue weighted by Gasteiger charge is -2.09. The van der Waals surface area contributed by atoms with Gasteiger partial charge in [0.1, 0.15) is 6.04 Å². The van der Waals surface area contributed by atoms with Gasteiger partial charge >= 0.3 is 0 Å². The summed E-state index contributed by atoms with van der Waals surface area (Å²) in [6.07, 6.45) is 0.683. The molecule has 0 aliphatic heterocycles. The highest BCUT2D eigenvalue weighted by Gasteiger charge is 2.12. The average molecular weight is 210 g/mol. The van der Waals surface area contributed by atoms with Gasteiger partial charge in [0.2, 0.25) is 0 Å². The molecule has 4 heteroatoms. The van der Waals surface area contributed by atoms with Crippen LogP contribution in [-0.4, -0.2) is 18.3 Å². The van der Waals surface area contributed by atoms with Crippen LogP contribution in [0.3, 0.4) is 0 Å². The number of nitrogens with zero attached hydrogens (tertiary/aromatic N) is 1. The Hall–Kier alpha value is -0.890. The average Bonchev–Trinajstić information content (AvgIpc) is 2.60. The molecule has 1 aromatic heterocycles. The second kappa shape index (κ2) is 5.76. The van der Waals surface area contributed by atoms with E-state index >= 15 is 0 Å².